The molecule has 0 spiro atoms. The standard InChI is InChI=1S/C18H20N2/c1-18(2,3)14-10-8-13(9-11-14)16(12-19)15-6-4-5-7-17(15)20/h4-11,16H,20H2,1-3H3. The lowest BCUT2D eigenvalue weighted by atomic mass is 9.84. The Morgan fingerprint density at radius 1 is 1.00 bits per heavy atom. The van der Waals surface area contributed by atoms with Crippen molar-refractivity contribution >= 4 is 5.69 Å². The Labute approximate surface area is 120 Å². The van der Waals surface area contributed by atoms with E-state index in [0.29, 0.717) is 5.69 Å². The molecule has 0 heterocycles. The van der Waals surface area contributed by atoms with E-state index < -0.39 is 0 Å². The van der Waals surface area contributed by atoms with Gasteiger partial charge in [0.25, 0.3) is 0 Å². The molecule has 0 aliphatic heterocycles. The van der Waals surface area contributed by atoms with Crippen molar-refractivity contribution in [1.29, 1.82) is 5.26 Å². The Morgan fingerprint density at radius 2 is 1.60 bits per heavy atom. The Bertz CT molecular complexity index is 628. The fourth-order valence-corrected chi connectivity index (χ4v) is 2.27. The number of hydrogen-bond acceptors (Lipinski definition) is 2. The molecule has 0 saturated heterocycles. The van der Waals surface area contributed by atoms with Crippen molar-refractivity contribution in [1.82, 2.24) is 0 Å². The minimum atomic E-state index is -0.315. The van der Waals surface area contributed by atoms with Crippen LogP contribution in [-0.2, 0) is 5.41 Å². The smallest absolute Gasteiger partial charge is 0.0982 e. The summed E-state index contributed by atoms with van der Waals surface area (Å²) in [7, 11) is 0. The minimum Gasteiger partial charge on any atom is -0.398 e. The average molecular weight is 264 g/mol. The van der Waals surface area contributed by atoms with E-state index in [2.05, 4.69) is 39.0 Å². The highest BCUT2D eigenvalue weighted by Crippen LogP contribution is 2.30. The van der Waals surface area contributed by atoms with Crippen molar-refractivity contribution in [2.24, 2.45) is 0 Å². The van der Waals surface area contributed by atoms with E-state index in [1.54, 1.807) is 0 Å². The summed E-state index contributed by atoms with van der Waals surface area (Å²) >= 11 is 0. The molecular formula is C18H20N2. The molecule has 0 aromatic heterocycles. The first-order valence-electron chi connectivity index (χ1n) is 6.78. The Hall–Kier alpha value is -2.27. The van der Waals surface area contributed by atoms with Gasteiger partial charge >= 0.3 is 0 Å². The van der Waals surface area contributed by atoms with E-state index in [-0.39, 0.29) is 11.3 Å². The number of hydrogen-bond donors (Lipinski definition) is 1. The lowest BCUT2D eigenvalue weighted by Gasteiger charge is -2.20. The van der Waals surface area contributed by atoms with Crippen molar-refractivity contribution in [2.75, 3.05) is 5.73 Å². The lowest BCUT2D eigenvalue weighted by Crippen LogP contribution is -2.11. The van der Waals surface area contributed by atoms with E-state index in [1.807, 2.05) is 36.4 Å². The van der Waals surface area contributed by atoms with Gasteiger partial charge in [0, 0.05) is 5.69 Å². The van der Waals surface area contributed by atoms with Crippen molar-refractivity contribution in [2.45, 2.75) is 32.1 Å². The number of nitrogens with zero attached hydrogens (tertiary/aromatic N) is 1. The summed E-state index contributed by atoms with van der Waals surface area (Å²) in [6.07, 6.45) is 0. The maximum atomic E-state index is 9.48. The largest absolute Gasteiger partial charge is 0.398 e. The molecular weight excluding hydrogens is 244 g/mol. The topological polar surface area (TPSA) is 49.8 Å². The number of anilines is 1. The van der Waals surface area contributed by atoms with Crippen LogP contribution in [0, 0.1) is 11.3 Å². The van der Waals surface area contributed by atoms with Gasteiger partial charge in [-0.15, -0.1) is 0 Å². The van der Waals surface area contributed by atoms with Crippen LogP contribution < -0.4 is 5.73 Å². The Morgan fingerprint density at radius 3 is 2.10 bits per heavy atom. The van der Waals surface area contributed by atoms with Crippen LogP contribution in [0.4, 0.5) is 5.69 Å². The zero-order chi connectivity index (χ0) is 14.8. The van der Waals surface area contributed by atoms with Crippen LogP contribution in [0.25, 0.3) is 0 Å². The molecule has 0 radical (unpaired) electrons. The van der Waals surface area contributed by atoms with Crippen molar-refractivity contribution in [3.05, 3.63) is 65.2 Å². The van der Waals surface area contributed by atoms with Gasteiger partial charge in [0.2, 0.25) is 0 Å². The molecule has 1 atom stereocenters. The molecule has 2 N–H and O–H groups in total. The highest BCUT2D eigenvalue weighted by molar-refractivity contribution is 5.54. The molecule has 2 rings (SSSR count). The van der Waals surface area contributed by atoms with Gasteiger partial charge < -0.3 is 5.73 Å². The number of nitriles is 1. The summed E-state index contributed by atoms with van der Waals surface area (Å²) in [4.78, 5) is 0. The van der Waals surface area contributed by atoms with E-state index in [0.717, 1.165) is 11.1 Å². The van der Waals surface area contributed by atoms with E-state index in [1.165, 1.54) is 5.56 Å². The average Bonchev–Trinajstić information content (AvgIpc) is 2.41. The van der Waals surface area contributed by atoms with Gasteiger partial charge in [-0.2, -0.15) is 5.26 Å². The van der Waals surface area contributed by atoms with E-state index in [9.17, 15) is 5.26 Å². The third-order valence-corrected chi connectivity index (χ3v) is 3.55. The maximum Gasteiger partial charge on any atom is 0.0982 e. The number of nitrogen functional groups attached to an aromatic ring is 1. The molecule has 102 valence electrons. The highest BCUT2D eigenvalue weighted by atomic mass is 14.6. The van der Waals surface area contributed by atoms with Gasteiger partial charge in [-0.25, -0.2) is 0 Å². The summed E-state index contributed by atoms with van der Waals surface area (Å²) in [5.41, 5.74) is 9.89. The monoisotopic (exact) mass is 264 g/mol. The van der Waals surface area contributed by atoms with Crippen LogP contribution >= 0.6 is 0 Å². The zero-order valence-electron chi connectivity index (χ0n) is 12.2. The molecule has 0 bridgehead atoms. The second-order valence-electron chi connectivity index (χ2n) is 6.06. The molecule has 0 aliphatic rings. The van der Waals surface area contributed by atoms with Crippen molar-refractivity contribution < 1.29 is 0 Å². The number of para-hydroxylation sites is 1. The molecule has 2 aromatic rings. The van der Waals surface area contributed by atoms with Gasteiger partial charge in [-0.3, -0.25) is 0 Å². The Kier molecular flexibility index (Phi) is 3.81. The third kappa shape index (κ3) is 2.83. The van der Waals surface area contributed by atoms with Crippen molar-refractivity contribution in [3.63, 3.8) is 0 Å². The summed E-state index contributed by atoms with van der Waals surface area (Å²) < 4.78 is 0. The van der Waals surface area contributed by atoms with E-state index >= 15 is 0 Å². The normalized spacial score (nSPS) is 12.7. The van der Waals surface area contributed by atoms with Gasteiger partial charge in [-0.05, 0) is 28.2 Å². The van der Waals surface area contributed by atoms with Gasteiger partial charge in [0.05, 0.1) is 12.0 Å². The number of nitrogens with two attached hydrogens (primary N) is 1. The molecule has 2 nitrogen and oxygen atoms in total. The van der Waals surface area contributed by atoms with Gasteiger partial charge in [-0.1, -0.05) is 63.2 Å². The first-order valence-corrected chi connectivity index (χ1v) is 6.78. The second kappa shape index (κ2) is 5.38. The molecule has 0 saturated carbocycles. The van der Waals surface area contributed by atoms with Crippen LogP contribution in [0.2, 0.25) is 0 Å². The molecule has 20 heavy (non-hydrogen) atoms. The first kappa shape index (κ1) is 14.1. The van der Waals surface area contributed by atoms with Crippen molar-refractivity contribution in [3.8, 4) is 6.07 Å². The number of rotatable bonds is 2. The predicted octanol–water partition coefficient (Wildman–Crippen LogP) is 4.22. The molecule has 2 heteroatoms. The molecule has 0 aliphatic carbocycles. The molecule has 0 fully saturated rings. The first-order chi connectivity index (χ1) is 9.43. The Balaban J connectivity index is 2.39. The maximum absolute atomic E-state index is 9.48. The summed E-state index contributed by atoms with van der Waals surface area (Å²) in [6, 6.07) is 18.2. The van der Waals surface area contributed by atoms with Crippen LogP contribution in [0.5, 0.6) is 0 Å². The molecule has 0 amide bonds. The predicted molar refractivity (Wildman–Crippen MR) is 83.5 cm³/mol. The third-order valence-electron chi connectivity index (χ3n) is 3.55. The lowest BCUT2D eigenvalue weighted by molar-refractivity contribution is 0.590. The van der Waals surface area contributed by atoms with Crippen LogP contribution in [0.1, 0.15) is 43.4 Å². The zero-order valence-corrected chi connectivity index (χ0v) is 12.2. The second-order valence-corrected chi connectivity index (χ2v) is 6.06. The van der Waals surface area contributed by atoms with Crippen LogP contribution in [0.3, 0.4) is 0 Å². The van der Waals surface area contributed by atoms with Crippen LogP contribution in [-0.4, -0.2) is 0 Å². The molecule has 2 aromatic carbocycles. The van der Waals surface area contributed by atoms with Gasteiger partial charge in [0.15, 0.2) is 0 Å². The minimum absolute atomic E-state index is 0.118. The number of benzene rings is 2. The summed E-state index contributed by atoms with van der Waals surface area (Å²) in [6.45, 7) is 6.54. The molecule has 1 unspecified atom stereocenters. The summed E-state index contributed by atoms with van der Waals surface area (Å²) in [5, 5.41) is 9.48. The summed E-state index contributed by atoms with van der Waals surface area (Å²) in [5.74, 6) is -0.315. The van der Waals surface area contributed by atoms with E-state index in [4.69, 9.17) is 5.73 Å². The van der Waals surface area contributed by atoms with Gasteiger partial charge in [0.1, 0.15) is 0 Å². The highest BCUT2D eigenvalue weighted by Gasteiger charge is 2.18. The fraction of sp³-hybridized carbons (Fsp3) is 0.278. The van der Waals surface area contributed by atoms with Crippen LogP contribution in [0.15, 0.2) is 48.5 Å². The quantitative estimate of drug-likeness (QED) is 0.825. The SMILES string of the molecule is CC(C)(C)c1ccc(C(C#N)c2ccccc2N)cc1. The fourth-order valence-electron chi connectivity index (χ4n) is 2.27.